The predicted octanol–water partition coefficient (Wildman–Crippen LogP) is 1.80. The van der Waals surface area contributed by atoms with Crippen molar-refractivity contribution >= 4 is 38.5 Å². The van der Waals surface area contributed by atoms with Gasteiger partial charge in [-0.1, -0.05) is 54.6 Å². The quantitative estimate of drug-likeness (QED) is 0.315. The smallest absolute Gasteiger partial charge is 0.180 e. The molecule has 0 bridgehead atoms. The summed E-state index contributed by atoms with van der Waals surface area (Å²) in [5, 5.41) is 46.5. The van der Waals surface area contributed by atoms with E-state index in [-0.39, 0.29) is 0 Å². The summed E-state index contributed by atoms with van der Waals surface area (Å²) < 4.78 is 5.18. The maximum absolute atomic E-state index is 10.3. The normalized spacial score (nSPS) is 28.2. The number of ether oxygens (including phenoxy) is 1. The average Bonchev–Trinajstić information content (AvgIpc) is 2.75. The standard InChI is InChI=1S/C23H21NO5/c25-11-17-21(26)22(27)20(23(28)29-17)24-10-15-7-6-14-5-4-12-2-1-3-13-8-9-16(15)19(14)18(12)13/h1-10,17,20-23,25-28H,11H2/t17-,20-,21-,22-,23-/m1/s1. The zero-order valence-electron chi connectivity index (χ0n) is 15.5. The van der Waals surface area contributed by atoms with Crippen molar-refractivity contribution in [3.63, 3.8) is 0 Å². The van der Waals surface area contributed by atoms with E-state index in [1.165, 1.54) is 16.2 Å². The lowest BCUT2D eigenvalue weighted by Crippen LogP contribution is -2.57. The molecular formula is C23H21NO5. The van der Waals surface area contributed by atoms with Crippen LogP contribution in [-0.4, -0.2) is 63.9 Å². The predicted molar refractivity (Wildman–Crippen MR) is 112 cm³/mol. The van der Waals surface area contributed by atoms with Gasteiger partial charge in [0.25, 0.3) is 0 Å². The van der Waals surface area contributed by atoms with Gasteiger partial charge in [-0.25, -0.2) is 0 Å². The number of benzene rings is 4. The van der Waals surface area contributed by atoms with E-state index >= 15 is 0 Å². The Morgan fingerprint density at radius 1 is 0.828 bits per heavy atom. The van der Waals surface area contributed by atoms with Gasteiger partial charge in [-0.3, -0.25) is 4.99 Å². The third-order valence-electron chi connectivity index (χ3n) is 5.82. The lowest BCUT2D eigenvalue weighted by Gasteiger charge is -2.38. The van der Waals surface area contributed by atoms with Crippen molar-refractivity contribution in [3.8, 4) is 0 Å². The Kier molecular flexibility index (Phi) is 4.46. The van der Waals surface area contributed by atoms with E-state index < -0.39 is 37.3 Å². The SMILES string of the molecule is OC[C@H]1O[C@@H](O)[C@H](N=Cc2ccc3ccc4cccc5ccc2c3c45)[C@@H](O)[C@@H]1O. The summed E-state index contributed by atoms with van der Waals surface area (Å²) in [6.07, 6.45) is -3.53. The molecule has 0 saturated carbocycles. The fourth-order valence-corrected chi connectivity index (χ4v) is 4.28. The zero-order chi connectivity index (χ0) is 20.1. The van der Waals surface area contributed by atoms with Crippen molar-refractivity contribution in [1.29, 1.82) is 0 Å². The van der Waals surface area contributed by atoms with E-state index in [0.29, 0.717) is 0 Å². The van der Waals surface area contributed by atoms with E-state index in [1.54, 1.807) is 6.21 Å². The van der Waals surface area contributed by atoms with Crippen LogP contribution in [0.5, 0.6) is 0 Å². The molecule has 5 atom stereocenters. The molecule has 1 saturated heterocycles. The molecule has 1 aliphatic heterocycles. The van der Waals surface area contributed by atoms with Crippen LogP contribution in [0.1, 0.15) is 5.56 Å². The summed E-state index contributed by atoms with van der Waals surface area (Å²) >= 11 is 0. The number of hydrogen-bond donors (Lipinski definition) is 4. The molecule has 4 aromatic rings. The first kappa shape index (κ1) is 18.4. The van der Waals surface area contributed by atoms with Crippen molar-refractivity contribution in [2.24, 2.45) is 4.99 Å². The molecule has 4 aromatic carbocycles. The summed E-state index contributed by atoms with van der Waals surface area (Å²) in [6.45, 7) is -0.499. The van der Waals surface area contributed by atoms with Gasteiger partial charge in [-0.15, -0.1) is 0 Å². The second kappa shape index (κ2) is 7.02. The van der Waals surface area contributed by atoms with Crippen LogP contribution in [0.3, 0.4) is 0 Å². The van der Waals surface area contributed by atoms with E-state index in [9.17, 15) is 20.4 Å². The van der Waals surface area contributed by atoms with Crippen LogP contribution in [0, 0.1) is 0 Å². The van der Waals surface area contributed by atoms with Gasteiger partial charge in [0.05, 0.1) is 6.61 Å². The van der Waals surface area contributed by atoms with Gasteiger partial charge in [0.15, 0.2) is 6.29 Å². The van der Waals surface area contributed by atoms with Gasteiger partial charge in [0, 0.05) is 11.8 Å². The molecule has 0 aliphatic carbocycles. The third kappa shape index (κ3) is 2.88. The maximum Gasteiger partial charge on any atom is 0.180 e. The highest BCUT2D eigenvalue weighted by Gasteiger charge is 2.43. The molecule has 29 heavy (non-hydrogen) atoms. The Labute approximate surface area is 166 Å². The Morgan fingerprint density at radius 2 is 1.48 bits per heavy atom. The highest BCUT2D eigenvalue weighted by atomic mass is 16.6. The second-order valence-corrected chi connectivity index (χ2v) is 7.51. The summed E-state index contributed by atoms with van der Waals surface area (Å²) in [4.78, 5) is 4.33. The second-order valence-electron chi connectivity index (χ2n) is 7.51. The van der Waals surface area contributed by atoms with E-state index in [0.717, 1.165) is 21.7 Å². The number of hydrogen-bond acceptors (Lipinski definition) is 6. The van der Waals surface area contributed by atoms with E-state index in [2.05, 4.69) is 35.3 Å². The van der Waals surface area contributed by atoms with Gasteiger partial charge < -0.3 is 25.2 Å². The summed E-state index contributed by atoms with van der Waals surface area (Å²) in [6, 6.07) is 17.5. The molecule has 148 valence electrons. The van der Waals surface area contributed by atoms with Crippen LogP contribution in [0.4, 0.5) is 0 Å². The van der Waals surface area contributed by atoms with Gasteiger partial charge in [0.2, 0.25) is 0 Å². The van der Waals surface area contributed by atoms with E-state index in [1.807, 2.05) is 24.3 Å². The van der Waals surface area contributed by atoms with Crippen molar-refractivity contribution in [1.82, 2.24) is 0 Å². The molecule has 0 radical (unpaired) electrons. The number of aliphatic hydroxyl groups is 4. The van der Waals surface area contributed by atoms with Crippen LogP contribution < -0.4 is 0 Å². The lowest BCUT2D eigenvalue weighted by atomic mass is 9.92. The van der Waals surface area contributed by atoms with Gasteiger partial charge in [0.1, 0.15) is 24.4 Å². The van der Waals surface area contributed by atoms with Crippen LogP contribution in [0.2, 0.25) is 0 Å². The Hall–Kier alpha value is -2.61. The molecule has 5 rings (SSSR count). The molecule has 1 fully saturated rings. The average molecular weight is 391 g/mol. The molecule has 1 aliphatic rings. The number of aliphatic hydroxyl groups excluding tert-OH is 4. The van der Waals surface area contributed by atoms with Crippen molar-refractivity contribution in [2.75, 3.05) is 6.61 Å². The maximum atomic E-state index is 10.3. The topological polar surface area (TPSA) is 103 Å². The minimum atomic E-state index is -1.42. The summed E-state index contributed by atoms with van der Waals surface area (Å²) in [5.74, 6) is 0. The highest BCUT2D eigenvalue weighted by molar-refractivity contribution is 6.25. The molecule has 0 spiro atoms. The Bertz CT molecular complexity index is 1190. The number of nitrogens with zero attached hydrogens (tertiary/aromatic N) is 1. The van der Waals surface area contributed by atoms with Crippen LogP contribution in [0.15, 0.2) is 59.6 Å². The number of aliphatic imine (C=N–C) groups is 1. The Balaban J connectivity index is 1.59. The van der Waals surface area contributed by atoms with Gasteiger partial charge in [-0.2, -0.15) is 0 Å². The third-order valence-corrected chi connectivity index (χ3v) is 5.82. The first-order valence-corrected chi connectivity index (χ1v) is 9.58. The molecule has 0 aromatic heterocycles. The molecule has 6 heteroatoms. The van der Waals surface area contributed by atoms with Crippen LogP contribution >= 0.6 is 0 Å². The molecule has 6 nitrogen and oxygen atoms in total. The lowest BCUT2D eigenvalue weighted by molar-refractivity contribution is -0.248. The van der Waals surface area contributed by atoms with Gasteiger partial charge in [-0.05, 0) is 32.3 Å². The van der Waals surface area contributed by atoms with Crippen molar-refractivity contribution in [3.05, 3.63) is 60.2 Å². The molecule has 4 N–H and O–H groups in total. The fraction of sp³-hybridized carbons (Fsp3) is 0.261. The fourth-order valence-electron chi connectivity index (χ4n) is 4.28. The highest BCUT2D eigenvalue weighted by Crippen LogP contribution is 2.35. The number of rotatable bonds is 3. The monoisotopic (exact) mass is 391 g/mol. The first-order chi connectivity index (χ1) is 14.1. The largest absolute Gasteiger partial charge is 0.394 e. The zero-order valence-corrected chi connectivity index (χ0v) is 15.5. The van der Waals surface area contributed by atoms with Crippen molar-refractivity contribution in [2.45, 2.75) is 30.6 Å². The summed E-state index contributed by atoms with van der Waals surface area (Å²) in [7, 11) is 0. The van der Waals surface area contributed by atoms with Gasteiger partial charge >= 0.3 is 0 Å². The first-order valence-electron chi connectivity index (χ1n) is 9.58. The molecule has 1 heterocycles. The van der Waals surface area contributed by atoms with Crippen molar-refractivity contribution < 1.29 is 25.2 Å². The minimum Gasteiger partial charge on any atom is -0.394 e. The van der Waals surface area contributed by atoms with Crippen LogP contribution in [0.25, 0.3) is 32.3 Å². The van der Waals surface area contributed by atoms with E-state index in [4.69, 9.17) is 4.74 Å². The molecule has 0 amide bonds. The molecule has 0 unspecified atom stereocenters. The molecular weight excluding hydrogens is 370 g/mol. The minimum absolute atomic E-state index is 0.499. The Morgan fingerprint density at radius 3 is 2.21 bits per heavy atom. The summed E-state index contributed by atoms with van der Waals surface area (Å²) in [5.41, 5.74) is 0.842. The van der Waals surface area contributed by atoms with Crippen LogP contribution in [-0.2, 0) is 4.74 Å².